The van der Waals surface area contributed by atoms with Gasteiger partial charge in [-0.05, 0) is 74.7 Å². The van der Waals surface area contributed by atoms with Crippen molar-refractivity contribution in [3.05, 3.63) is 101 Å². The third-order valence-electron chi connectivity index (χ3n) is 7.46. The lowest BCUT2D eigenvalue weighted by atomic mass is 9.96. The molecule has 1 aliphatic rings. The average molecular weight is 559 g/mol. The SMILES string of the molecule is CCOC(=O)c1c(CSc2ccccc2)n(Cc2ccc(F)cc2)c2cc(C3=CCN(C(C)C)CC3)c(O)cc12. The zero-order valence-electron chi connectivity index (χ0n) is 23.2. The Morgan fingerprint density at radius 3 is 2.50 bits per heavy atom. The predicted octanol–water partition coefficient (Wildman–Crippen LogP) is 7.50. The number of phenolic OH excluding ortho intramolecular Hbond substituents is 1. The Kier molecular flexibility index (Phi) is 8.62. The van der Waals surface area contributed by atoms with Gasteiger partial charge in [-0.25, -0.2) is 9.18 Å². The van der Waals surface area contributed by atoms with Crippen molar-refractivity contribution >= 4 is 34.2 Å². The molecular weight excluding hydrogens is 523 g/mol. The van der Waals surface area contributed by atoms with Gasteiger partial charge in [-0.15, -0.1) is 11.8 Å². The van der Waals surface area contributed by atoms with Crippen LogP contribution in [0.25, 0.3) is 16.5 Å². The van der Waals surface area contributed by atoms with Gasteiger partial charge in [0.2, 0.25) is 0 Å². The normalized spacial score (nSPS) is 14.1. The molecule has 1 aromatic heterocycles. The Morgan fingerprint density at radius 1 is 1.10 bits per heavy atom. The van der Waals surface area contributed by atoms with Gasteiger partial charge < -0.3 is 14.4 Å². The number of phenols is 1. The average Bonchev–Trinajstić information content (AvgIpc) is 3.25. The summed E-state index contributed by atoms with van der Waals surface area (Å²) in [5.41, 5.74) is 4.92. The van der Waals surface area contributed by atoms with Crippen LogP contribution in [0.2, 0.25) is 0 Å². The van der Waals surface area contributed by atoms with E-state index in [1.54, 1.807) is 36.9 Å². The van der Waals surface area contributed by atoms with E-state index in [0.717, 1.165) is 52.3 Å². The quantitative estimate of drug-likeness (QED) is 0.170. The van der Waals surface area contributed by atoms with Gasteiger partial charge in [-0.2, -0.15) is 0 Å². The van der Waals surface area contributed by atoms with Crippen LogP contribution in [-0.4, -0.2) is 46.3 Å². The molecule has 0 amide bonds. The van der Waals surface area contributed by atoms with Gasteiger partial charge in [0.25, 0.3) is 0 Å². The first-order valence-electron chi connectivity index (χ1n) is 13.8. The molecule has 0 saturated heterocycles. The third kappa shape index (κ3) is 5.96. The van der Waals surface area contributed by atoms with Gasteiger partial charge in [0, 0.05) is 53.0 Å². The highest BCUT2D eigenvalue weighted by Gasteiger charge is 2.26. The van der Waals surface area contributed by atoms with Crippen molar-refractivity contribution in [3.8, 4) is 5.75 Å². The largest absolute Gasteiger partial charge is 0.507 e. The summed E-state index contributed by atoms with van der Waals surface area (Å²) >= 11 is 1.64. The molecule has 2 heterocycles. The van der Waals surface area contributed by atoms with Crippen LogP contribution in [0.15, 0.2) is 77.7 Å². The fourth-order valence-electron chi connectivity index (χ4n) is 5.29. The summed E-state index contributed by atoms with van der Waals surface area (Å²) in [6.45, 7) is 8.62. The molecule has 5 nitrogen and oxygen atoms in total. The van der Waals surface area contributed by atoms with Gasteiger partial charge in [0.15, 0.2) is 0 Å². The molecule has 1 aliphatic heterocycles. The third-order valence-corrected chi connectivity index (χ3v) is 8.48. The zero-order valence-corrected chi connectivity index (χ0v) is 24.0. The minimum absolute atomic E-state index is 0.156. The van der Waals surface area contributed by atoms with E-state index >= 15 is 0 Å². The van der Waals surface area contributed by atoms with E-state index in [-0.39, 0.29) is 18.2 Å². The standard InChI is InChI=1S/C33H35FN2O3S/c1-4-39-33(38)32-28-19-31(37)27(24-14-16-35(17-15-24)22(2)3)18-29(28)36(20-23-10-12-25(34)13-11-23)30(32)21-40-26-8-6-5-7-9-26/h5-14,18-19,22,37H,4,15-17,20-21H2,1-3H3. The van der Waals surface area contributed by atoms with Gasteiger partial charge in [-0.1, -0.05) is 36.4 Å². The number of hydrogen-bond acceptors (Lipinski definition) is 5. The number of thioether (sulfide) groups is 1. The number of aromatic nitrogens is 1. The van der Waals surface area contributed by atoms with E-state index in [2.05, 4.69) is 29.4 Å². The molecule has 0 bridgehead atoms. The number of benzene rings is 3. The van der Waals surface area contributed by atoms with Crippen LogP contribution in [-0.2, 0) is 17.0 Å². The van der Waals surface area contributed by atoms with E-state index in [0.29, 0.717) is 29.3 Å². The lowest BCUT2D eigenvalue weighted by Gasteiger charge is -2.30. The number of fused-ring (bicyclic) bond motifs is 1. The summed E-state index contributed by atoms with van der Waals surface area (Å²) < 4.78 is 21.4. The number of ether oxygens (including phenoxy) is 1. The Labute approximate surface area is 239 Å². The first-order chi connectivity index (χ1) is 19.4. The number of nitrogens with zero attached hydrogens (tertiary/aromatic N) is 2. The van der Waals surface area contributed by atoms with Gasteiger partial charge in [0.1, 0.15) is 11.6 Å². The molecule has 0 atom stereocenters. The summed E-state index contributed by atoms with van der Waals surface area (Å²) in [5.74, 6) is -0.0231. The molecule has 0 spiro atoms. The number of aromatic hydroxyl groups is 1. The van der Waals surface area contributed by atoms with Crippen LogP contribution >= 0.6 is 11.8 Å². The number of carbonyl (C=O) groups excluding carboxylic acids is 1. The molecule has 0 aliphatic carbocycles. The highest BCUT2D eigenvalue weighted by molar-refractivity contribution is 7.98. The molecular formula is C33H35FN2O3S. The van der Waals surface area contributed by atoms with Crippen molar-refractivity contribution in [2.45, 2.75) is 50.4 Å². The second-order valence-corrected chi connectivity index (χ2v) is 11.4. The molecule has 0 radical (unpaired) electrons. The molecule has 4 aromatic rings. The van der Waals surface area contributed by atoms with Crippen LogP contribution < -0.4 is 0 Å². The summed E-state index contributed by atoms with van der Waals surface area (Å²) in [6, 6.07) is 20.7. The summed E-state index contributed by atoms with van der Waals surface area (Å²) in [6.07, 6.45) is 3.02. The maximum absolute atomic E-state index is 13.7. The van der Waals surface area contributed by atoms with Crippen molar-refractivity contribution in [1.82, 2.24) is 9.47 Å². The van der Waals surface area contributed by atoms with E-state index < -0.39 is 5.97 Å². The number of hydrogen-bond donors (Lipinski definition) is 1. The Bertz CT molecular complexity index is 1530. The lowest BCUT2D eigenvalue weighted by molar-refractivity contribution is 0.0527. The van der Waals surface area contributed by atoms with E-state index in [1.165, 1.54) is 12.1 Å². The minimum Gasteiger partial charge on any atom is -0.507 e. The molecule has 7 heteroatoms. The van der Waals surface area contributed by atoms with Crippen LogP contribution in [0.4, 0.5) is 4.39 Å². The monoisotopic (exact) mass is 558 g/mol. The fourth-order valence-corrected chi connectivity index (χ4v) is 6.25. The second kappa shape index (κ2) is 12.3. The highest BCUT2D eigenvalue weighted by Crippen LogP contribution is 2.39. The van der Waals surface area contributed by atoms with Crippen molar-refractivity contribution in [2.75, 3.05) is 19.7 Å². The second-order valence-electron chi connectivity index (χ2n) is 10.3. The molecule has 0 unspecified atom stereocenters. The van der Waals surface area contributed by atoms with Gasteiger partial charge in [0.05, 0.1) is 17.7 Å². The first kappa shape index (κ1) is 28.0. The summed E-state index contributed by atoms with van der Waals surface area (Å²) in [5, 5.41) is 11.9. The number of rotatable bonds is 9. The smallest absolute Gasteiger partial charge is 0.340 e. The first-order valence-corrected chi connectivity index (χ1v) is 14.7. The molecule has 5 rings (SSSR count). The van der Waals surface area contributed by atoms with Gasteiger partial charge in [-0.3, -0.25) is 4.90 Å². The Morgan fingerprint density at radius 2 is 1.85 bits per heavy atom. The maximum atomic E-state index is 13.7. The number of esters is 1. The van der Waals surface area contributed by atoms with Crippen molar-refractivity contribution in [1.29, 1.82) is 0 Å². The van der Waals surface area contributed by atoms with E-state index in [4.69, 9.17) is 4.74 Å². The zero-order chi connectivity index (χ0) is 28.2. The van der Waals surface area contributed by atoms with Crippen LogP contribution in [0.3, 0.4) is 0 Å². The fraction of sp³-hybridized carbons (Fsp3) is 0.303. The van der Waals surface area contributed by atoms with Crippen molar-refractivity contribution in [2.24, 2.45) is 0 Å². The molecule has 0 saturated carbocycles. The van der Waals surface area contributed by atoms with Crippen molar-refractivity contribution < 1.29 is 19.0 Å². The van der Waals surface area contributed by atoms with Crippen LogP contribution in [0.1, 0.15) is 54.4 Å². The molecule has 1 N–H and O–H groups in total. The highest BCUT2D eigenvalue weighted by atomic mass is 32.2. The lowest BCUT2D eigenvalue weighted by Crippen LogP contribution is -2.34. The molecule has 40 heavy (non-hydrogen) atoms. The van der Waals surface area contributed by atoms with E-state index in [9.17, 15) is 14.3 Å². The van der Waals surface area contributed by atoms with Gasteiger partial charge >= 0.3 is 5.97 Å². The van der Waals surface area contributed by atoms with Crippen molar-refractivity contribution in [3.63, 3.8) is 0 Å². The van der Waals surface area contributed by atoms with E-state index in [1.807, 2.05) is 36.4 Å². The van der Waals surface area contributed by atoms with Crippen LogP contribution in [0.5, 0.6) is 5.75 Å². The Balaban J connectivity index is 1.67. The maximum Gasteiger partial charge on any atom is 0.340 e. The summed E-state index contributed by atoms with van der Waals surface area (Å²) in [4.78, 5) is 16.9. The predicted molar refractivity (Wildman–Crippen MR) is 160 cm³/mol. The number of carbonyl (C=O) groups is 1. The topological polar surface area (TPSA) is 54.7 Å². The van der Waals surface area contributed by atoms with Crippen LogP contribution in [0, 0.1) is 5.82 Å². The molecule has 208 valence electrons. The number of halogens is 1. The Hall–Kier alpha value is -3.55. The summed E-state index contributed by atoms with van der Waals surface area (Å²) in [7, 11) is 0. The molecule has 0 fully saturated rings. The minimum atomic E-state index is -0.411. The molecule has 3 aromatic carbocycles.